The van der Waals surface area contributed by atoms with Crippen LogP contribution in [0.5, 0.6) is 23.5 Å². The maximum atomic E-state index is 12.9. The molecule has 1 heterocycles. The van der Waals surface area contributed by atoms with E-state index in [2.05, 4.69) is 20.6 Å². The molecule has 0 saturated heterocycles. The predicted molar refractivity (Wildman–Crippen MR) is 122 cm³/mol. The number of hydrogen-bond donors (Lipinski definition) is 2. The van der Waals surface area contributed by atoms with Crippen molar-refractivity contribution < 1.29 is 33.3 Å². The lowest BCUT2D eigenvalue weighted by Crippen LogP contribution is -2.50. The molecule has 0 radical (unpaired) electrons. The first-order valence-corrected chi connectivity index (χ1v) is 10.5. The Kier molecular flexibility index (Phi) is 8.76. The molecule has 2 amide bonds. The standard InChI is InChI=1S/C23H30N4O7/c1-13(19(28)25-14(2)21(30)34-23(3,4)5)24-20(29)15-10-8-9-11-16(15)33-22-26-17(31-6)12-18(27-22)32-7/h8-14H,1-7H3,(H,24,29)(H,25,28). The number of benzene rings is 1. The zero-order chi connectivity index (χ0) is 25.5. The number of nitrogens with one attached hydrogen (secondary N) is 2. The minimum atomic E-state index is -0.946. The lowest BCUT2D eigenvalue weighted by atomic mass is 10.1. The van der Waals surface area contributed by atoms with Gasteiger partial charge in [-0.1, -0.05) is 12.1 Å². The molecule has 0 saturated carbocycles. The second-order valence-corrected chi connectivity index (χ2v) is 8.29. The third-order valence-corrected chi connectivity index (χ3v) is 4.27. The molecule has 0 aliphatic carbocycles. The summed E-state index contributed by atoms with van der Waals surface area (Å²) in [6.45, 7) is 8.19. The van der Waals surface area contributed by atoms with E-state index in [0.29, 0.717) is 0 Å². The highest BCUT2D eigenvalue weighted by molar-refractivity contribution is 6.00. The Morgan fingerprint density at radius 3 is 2.06 bits per heavy atom. The van der Waals surface area contributed by atoms with Crippen LogP contribution in [0.2, 0.25) is 0 Å². The Bertz CT molecular complexity index is 1010. The van der Waals surface area contributed by atoms with E-state index < -0.39 is 35.5 Å². The summed E-state index contributed by atoms with van der Waals surface area (Å²) in [6, 6.07) is 5.94. The van der Waals surface area contributed by atoms with Crippen molar-refractivity contribution >= 4 is 17.8 Å². The second kappa shape index (κ2) is 11.3. The zero-order valence-corrected chi connectivity index (χ0v) is 20.3. The molecule has 0 spiro atoms. The minimum absolute atomic E-state index is 0.0894. The summed E-state index contributed by atoms with van der Waals surface area (Å²) in [5, 5.41) is 5.12. The van der Waals surface area contributed by atoms with E-state index in [1.165, 1.54) is 40.2 Å². The first-order valence-electron chi connectivity index (χ1n) is 10.5. The van der Waals surface area contributed by atoms with Crippen molar-refractivity contribution in [3.63, 3.8) is 0 Å². The summed E-state index contributed by atoms with van der Waals surface area (Å²) in [7, 11) is 2.87. The molecule has 2 unspecified atom stereocenters. The van der Waals surface area contributed by atoms with E-state index in [0.717, 1.165) is 0 Å². The summed E-state index contributed by atoms with van der Waals surface area (Å²) in [4.78, 5) is 45.6. The molecule has 1 aromatic heterocycles. The third-order valence-electron chi connectivity index (χ3n) is 4.27. The van der Waals surface area contributed by atoms with Crippen LogP contribution in [0.1, 0.15) is 45.0 Å². The molecule has 0 aliphatic rings. The van der Waals surface area contributed by atoms with Gasteiger partial charge in [0.1, 0.15) is 23.4 Å². The number of para-hydroxylation sites is 1. The van der Waals surface area contributed by atoms with Gasteiger partial charge in [0, 0.05) is 0 Å². The van der Waals surface area contributed by atoms with Gasteiger partial charge in [0.05, 0.1) is 25.8 Å². The Morgan fingerprint density at radius 1 is 0.912 bits per heavy atom. The summed E-state index contributed by atoms with van der Waals surface area (Å²) in [5.41, 5.74) is -0.538. The first kappa shape index (κ1) is 26.4. The summed E-state index contributed by atoms with van der Waals surface area (Å²) >= 11 is 0. The molecule has 11 heteroatoms. The van der Waals surface area contributed by atoms with Crippen molar-refractivity contribution in [1.82, 2.24) is 20.6 Å². The predicted octanol–water partition coefficient (Wildman–Crippen LogP) is 2.25. The summed E-state index contributed by atoms with van der Waals surface area (Å²) in [6.07, 6.45) is 0. The van der Waals surface area contributed by atoms with Gasteiger partial charge in [-0.15, -0.1) is 0 Å². The van der Waals surface area contributed by atoms with Crippen molar-refractivity contribution in [2.75, 3.05) is 14.2 Å². The molecule has 2 aromatic rings. The number of amides is 2. The number of hydrogen-bond acceptors (Lipinski definition) is 9. The maximum absolute atomic E-state index is 12.9. The number of ether oxygens (including phenoxy) is 4. The monoisotopic (exact) mass is 474 g/mol. The fraction of sp³-hybridized carbons (Fsp3) is 0.435. The Hall–Kier alpha value is -3.89. The van der Waals surface area contributed by atoms with Crippen molar-refractivity contribution in [3.05, 3.63) is 35.9 Å². The van der Waals surface area contributed by atoms with E-state index in [-0.39, 0.29) is 29.1 Å². The number of nitrogens with zero attached hydrogens (tertiary/aromatic N) is 2. The van der Waals surface area contributed by atoms with Crippen LogP contribution in [0.4, 0.5) is 0 Å². The molecular weight excluding hydrogens is 444 g/mol. The molecule has 11 nitrogen and oxygen atoms in total. The largest absolute Gasteiger partial charge is 0.481 e. The van der Waals surface area contributed by atoms with Gasteiger partial charge in [-0.05, 0) is 46.8 Å². The molecule has 1 aromatic carbocycles. The van der Waals surface area contributed by atoms with Gasteiger partial charge in [-0.25, -0.2) is 4.79 Å². The number of carbonyl (C=O) groups excluding carboxylic acids is 3. The van der Waals surface area contributed by atoms with Crippen molar-refractivity contribution in [2.24, 2.45) is 0 Å². The van der Waals surface area contributed by atoms with E-state index >= 15 is 0 Å². The van der Waals surface area contributed by atoms with Crippen LogP contribution in [0.3, 0.4) is 0 Å². The average molecular weight is 475 g/mol. The zero-order valence-electron chi connectivity index (χ0n) is 20.3. The van der Waals surface area contributed by atoms with Crippen LogP contribution in [0, 0.1) is 0 Å². The number of methoxy groups -OCH3 is 2. The van der Waals surface area contributed by atoms with Gasteiger partial charge in [-0.2, -0.15) is 9.97 Å². The molecule has 0 fully saturated rings. The van der Waals surface area contributed by atoms with Crippen LogP contribution < -0.4 is 24.8 Å². The average Bonchev–Trinajstić information content (AvgIpc) is 2.77. The first-order chi connectivity index (χ1) is 15.9. The molecule has 0 bridgehead atoms. The van der Waals surface area contributed by atoms with E-state index in [9.17, 15) is 14.4 Å². The van der Waals surface area contributed by atoms with Gasteiger partial charge in [-0.3, -0.25) is 9.59 Å². The SMILES string of the molecule is COc1cc(OC)nc(Oc2ccccc2C(=O)NC(C)C(=O)NC(C)C(=O)OC(C)(C)C)n1. The van der Waals surface area contributed by atoms with Gasteiger partial charge in [0.15, 0.2) is 0 Å². The van der Waals surface area contributed by atoms with E-state index in [1.807, 2.05) is 0 Å². The fourth-order valence-corrected chi connectivity index (χ4v) is 2.61. The molecule has 0 aliphatic heterocycles. The van der Waals surface area contributed by atoms with Crippen molar-refractivity contribution in [1.29, 1.82) is 0 Å². The van der Waals surface area contributed by atoms with E-state index in [1.54, 1.807) is 39.0 Å². The van der Waals surface area contributed by atoms with Crippen LogP contribution in [-0.2, 0) is 14.3 Å². The molecule has 2 atom stereocenters. The van der Waals surface area contributed by atoms with Gasteiger partial charge >= 0.3 is 12.0 Å². The highest BCUT2D eigenvalue weighted by atomic mass is 16.6. The Morgan fingerprint density at radius 2 is 1.50 bits per heavy atom. The summed E-state index contributed by atoms with van der Waals surface area (Å²) in [5.74, 6) is -1.11. The van der Waals surface area contributed by atoms with Gasteiger partial charge in [0.25, 0.3) is 5.91 Å². The van der Waals surface area contributed by atoms with Crippen LogP contribution in [0.15, 0.2) is 30.3 Å². The van der Waals surface area contributed by atoms with Crippen LogP contribution in [0.25, 0.3) is 0 Å². The van der Waals surface area contributed by atoms with Crippen molar-refractivity contribution in [3.8, 4) is 23.5 Å². The smallest absolute Gasteiger partial charge is 0.328 e. The quantitative estimate of drug-likeness (QED) is 0.524. The molecule has 184 valence electrons. The van der Waals surface area contributed by atoms with E-state index in [4.69, 9.17) is 18.9 Å². The lowest BCUT2D eigenvalue weighted by Gasteiger charge is -2.23. The molecule has 2 N–H and O–H groups in total. The number of esters is 1. The lowest BCUT2D eigenvalue weighted by molar-refractivity contribution is -0.158. The Labute approximate surface area is 198 Å². The van der Waals surface area contributed by atoms with Crippen LogP contribution >= 0.6 is 0 Å². The second-order valence-electron chi connectivity index (χ2n) is 8.29. The van der Waals surface area contributed by atoms with Gasteiger partial charge < -0.3 is 29.6 Å². The minimum Gasteiger partial charge on any atom is -0.481 e. The third kappa shape index (κ3) is 7.61. The van der Waals surface area contributed by atoms with Crippen molar-refractivity contribution in [2.45, 2.75) is 52.3 Å². The van der Waals surface area contributed by atoms with Gasteiger partial charge in [0.2, 0.25) is 17.7 Å². The molecule has 2 rings (SSSR count). The number of aromatic nitrogens is 2. The Balaban J connectivity index is 2.10. The highest BCUT2D eigenvalue weighted by Gasteiger charge is 2.26. The number of rotatable bonds is 9. The number of carbonyl (C=O) groups is 3. The molecule has 34 heavy (non-hydrogen) atoms. The highest BCUT2D eigenvalue weighted by Crippen LogP contribution is 2.26. The maximum Gasteiger partial charge on any atom is 0.328 e. The topological polar surface area (TPSA) is 138 Å². The normalized spacial score (nSPS) is 12.7. The summed E-state index contributed by atoms with van der Waals surface area (Å²) < 4.78 is 21.1. The van der Waals surface area contributed by atoms with Crippen LogP contribution in [-0.4, -0.2) is 59.7 Å². The molecular formula is C23H30N4O7. The fourth-order valence-electron chi connectivity index (χ4n) is 2.61.